The van der Waals surface area contributed by atoms with Crippen molar-refractivity contribution < 1.29 is 4.74 Å². The third-order valence-electron chi connectivity index (χ3n) is 1.97. The maximum absolute atomic E-state index is 5.68. The van der Waals surface area contributed by atoms with Gasteiger partial charge >= 0.3 is 0 Å². The van der Waals surface area contributed by atoms with E-state index in [2.05, 4.69) is 24.4 Å². The quantitative estimate of drug-likeness (QED) is 0.408. The predicted octanol–water partition coefficient (Wildman–Crippen LogP) is 1.10. The molecule has 0 bridgehead atoms. The standard InChI is InChI=1S/C9H13IN3OP/c1-5-2-6(10-4-15)8-7(3-5)13-9(11,12)14-8/h2-4,13H,11-12,15H2,1H3. The van der Waals surface area contributed by atoms with Gasteiger partial charge in [0.15, 0.2) is 5.75 Å². The molecule has 2 rings (SSSR count). The Morgan fingerprint density at radius 3 is 2.93 bits per heavy atom. The monoisotopic (exact) mass is 337 g/mol. The molecule has 0 aromatic heterocycles. The van der Waals surface area contributed by atoms with Crippen LogP contribution in [0.5, 0.6) is 5.75 Å². The average molecular weight is 337 g/mol. The zero-order valence-electron chi connectivity index (χ0n) is 8.25. The molecule has 0 amide bonds. The molecule has 0 spiro atoms. The number of nitrogens with two attached hydrogens (primary N) is 2. The number of benzene rings is 1. The van der Waals surface area contributed by atoms with Crippen LogP contribution in [0.25, 0.3) is 0 Å². The van der Waals surface area contributed by atoms with Gasteiger partial charge in [-0.1, -0.05) is 20.7 Å². The van der Waals surface area contributed by atoms with E-state index in [0.29, 0.717) is 0 Å². The Morgan fingerprint density at radius 2 is 2.27 bits per heavy atom. The molecule has 1 aromatic rings. The predicted molar refractivity (Wildman–Crippen MR) is 75.0 cm³/mol. The lowest BCUT2D eigenvalue weighted by Crippen LogP contribution is -2.58. The van der Waals surface area contributed by atoms with Crippen LogP contribution < -0.4 is 21.5 Å². The third kappa shape index (κ3) is 2.30. The van der Waals surface area contributed by atoms with E-state index in [0.717, 1.165) is 11.4 Å². The van der Waals surface area contributed by atoms with E-state index in [1.165, 1.54) is 9.13 Å². The maximum Gasteiger partial charge on any atom is 0.296 e. The summed E-state index contributed by atoms with van der Waals surface area (Å²) >= 11 is -0.172. The highest BCUT2D eigenvalue weighted by molar-refractivity contribution is 14.2. The van der Waals surface area contributed by atoms with Gasteiger partial charge in [0, 0.05) is 0 Å². The minimum absolute atomic E-state index is 0.172. The number of hydrogen-bond donors (Lipinski definition) is 3. The van der Waals surface area contributed by atoms with Crippen molar-refractivity contribution in [3.8, 4) is 5.75 Å². The molecule has 1 unspecified atom stereocenters. The fourth-order valence-corrected chi connectivity index (χ4v) is 4.13. The topological polar surface area (TPSA) is 73.3 Å². The lowest BCUT2D eigenvalue weighted by molar-refractivity contribution is 0.133. The highest BCUT2D eigenvalue weighted by Gasteiger charge is 2.32. The molecule has 1 aliphatic rings. The highest BCUT2D eigenvalue weighted by atomic mass is 127. The van der Waals surface area contributed by atoms with Crippen LogP contribution in [-0.2, 0) is 0 Å². The summed E-state index contributed by atoms with van der Waals surface area (Å²) in [4.78, 5) is 0. The number of rotatable bonds is 1. The minimum atomic E-state index is -1.27. The first kappa shape index (κ1) is 11.3. The number of halogens is 1. The molecule has 0 radical (unpaired) electrons. The van der Waals surface area contributed by atoms with Gasteiger partial charge < -0.3 is 10.1 Å². The molecule has 5 N–H and O–H groups in total. The Labute approximate surface area is 101 Å². The van der Waals surface area contributed by atoms with Crippen molar-refractivity contribution in [2.24, 2.45) is 11.5 Å². The van der Waals surface area contributed by atoms with Crippen LogP contribution >= 0.6 is 30.0 Å². The summed E-state index contributed by atoms with van der Waals surface area (Å²) in [5, 5.41) is 2.94. The lowest BCUT2D eigenvalue weighted by atomic mass is 10.2. The molecular weight excluding hydrogens is 324 g/mol. The van der Waals surface area contributed by atoms with Gasteiger partial charge in [0.05, 0.1) is 9.26 Å². The first-order valence-electron chi connectivity index (χ1n) is 4.38. The molecule has 0 saturated heterocycles. The normalized spacial score (nSPS) is 17.9. The van der Waals surface area contributed by atoms with E-state index < -0.39 is 5.97 Å². The minimum Gasteiger partial charge on any atom is -0.439 e. The maximum atomic E-state index is 5.68. The van der Waals surface area contributed by atoms with Gasteiger partial charge in [0.1, 0.15) is 0 Å². The van der Waals surface area contributed by atoms with Crippen LogP contribution in [0.4, 0.5) is 5.69 Å². The number of nitrogens with one attached hydrogen (secondary N) is 1. The Hall–Kier alpha value is -0.230. The summed E-state index contributed by atoms with van der Waals surface area (Å²) in [5.41, 5.74) is 13.4. The van der Waals surface area contributed by atoms with Crippen molar-refractivity contribution in [1.82, 2.24) is 0 Å². The SMILES string of the molecule is Cc1cc2c(c(I=CP)c1)OC(N)(N)N2. The summed E-state index contributed by atoms with van der Waals surface area (Å²) in [5.74, 6) is -0.465. The van der Waals surface area contributed by atoms with Gasteiger partial charge in [-0.05, 0) is 28.4 Å². The first-order valence-corrected chi connectivity index (χ1v) is 7.37. The van der Waals surface area contributed by atoms with Crippen molar-refractivity contribution in [3.05, 3.63) is 21.3 Å². The van der Waals surface area contributed by atoms with Gasteiger partial charge in [-0.25, -0.2) is 0 Å². The zero-order valence-corrected chi connectivity index (χ0v) is 11.6. The van der Waals surface area contributed by atoms with Crippen molar-refractivity contribution >= 4 is 39.4 Å². The summed E-state index contributed by atoms with van der Waals surface area (Å²) in [6.07, 6.45) is 0. The van der Waals surface area contributed by atoms with E-state index in [1.54, 1.807) is 0 Å². The van der Waals surface area contributed by atoms with E-state index in [4.69, 9.17) is 16.2 Å². The van der Waals surface area contributed by atoms with Crippen molar-refractivity contribution in [3.63, 3.8) is 0 Å². The molecule has 0 fully saturated rings. The van der Waals surface area contributed by atoms with Gasteiger partial charge in [-0.2, -0.15) is 0 Å². The molecular formula is C9H13IN3OP. The molecule has 1 heterocycles. The Morgan fingerprint density at radius 1 is 1.53 bits per heavy atom. The summed E-state index contributed by atoms with van der Waals surface area (Å²) < 4.78 is 8.78. The number of ether oxygens (including phenoxy) is 1. The molecule has 4 nitrogen and oxygen atoms in total. The molecule has 6 heteroatoms. The van der Waals surface area contributed by atoms with Crippen molar-refractivity contribution in [2.75, 3.05) is 5.32 Å². The lowest BCUT2D eigenvalue weighted by Gasteiger charge is -2.17. The number of fused-ring (bicyclic) bond motifs is 1. The summed E-state index contributed by atoms with van der Waals surface area (Å²) in [6, 6.07) is 4.11. The van der Waals surface area contributed by atoms with Crippen LogP contribution in [0.1, 0.15) is 5.56 Å². The highest BCUT2D eigenvalue weighted by Crippen LogP contribution is 2.39. The van der Waals surface area contributed by atoms with Gasteiger partial charge in [-0.15, -0.1) is 9.24 Å². The van der Waals surface area contributed by atoms with Crippen molar-refractivity contribution in [2.45, 2.75) is 12.9 Å². The molecule has 1 atom stereocenters. The van der Waals surface area contributed by atoms with Gasteiger partial charge in [0.2, 0.25) is 0 Å². The van der Waals surface area contributed by atoms with Crippen LogP contribution in [-0.4, -0.2) is 9.73 Å². The second-order valence-corrected chi connectivity index (χ2v) is 7.57. The second kappa shape index (κ2) is 3.97. The molecule has 82 valence electrons. The smallest absolute Gasteiger partial charge is 0.296 e. The Bertz CT molecular complexity index is 434. The second-order valence-electron chi connectivity index (χ2n) is 3.38. The zero-order chi connectivity index (χ0) is 11.1. The van der Waals surface area contributed by atoms with Gasteiger partial charge in [0.25, 0.3) is 5.97 Å². The van der Waals surface area contributed by atoms with Crippen LogP contribution in [0.2, 0.25) is 0 Å². The van der Waals surface area contributed by atoms with E-state index in [-0.39, 0.29) is 20.7 Å². The third-order valence-corrected chi connectivity index (χ3v) is 4.65. The van der Waals surface area contributed by atoms with E-state index in [9.17, 15) is 0 Å². The summed E-state index contributed by atoms with van der Waals surface area (Å²) in [7, 11) is 2.62. The molecule has 1 aromatic carbocycles. The van der Waals surface area contributed by atoms with Crippen LogP contribution in [0.15, 0.2) is 12.1 Å². The summed E-state index contributed by atoms with van der Waals surface area (Å²) in [6.45, 7) is 2.05. The fraction of sp³-hybridized carbons (Fsp3) is 0.222. The number of hydrogen-bond acceptors (Lipinski definition) is 4. The Balaban J connectivity index is 2.53. The van der Waals surface area contributed by atoms with Crippen LogP contribution in [0, 0.1) is 10.5 Å². The largest absolute Gasteiger partial charge is 0.439 e. The fourth-order valence-electron chi connectivity index (χ4n) is 1.48. The van der Waals surface area contributed by atoms with E-state index >= 15 is 0 Å². The number of anilines is 1. The first-order chi connectivity index (χ1) is 7.02. The molecule has 0 aliphatic carbocycles. The van der Waals surface area contributed by atoms with Crippen LogP contribution in [0.3, 0.4) is 0 Å². The number of aryl methyl sites for hydroxylation is 1. The van der Waals surface area contributed by atoms with E-state index in [1.807, 2.05) is 13.0 Å². The Kier molecular flexibility index (Phi) is 2.98. The average Bonchev–Trinajstić information content (AvgIpc) is 2.40. The molecule has 15 heavy (non-hydrogen) atoms. The van der Waals surface area contributed by atoms with Crippen molar-refractivity contribution in [1.29, 1.82) is 0 Å². The van der Waals surface area contributed by atoms with Gasteiger partial charge in [-0.3, -0.25) is 11.5 Å². The molecule has 0 saturated carbocycles. The molecule has 1 aliphatic heterocycles.